The van der Waals surface area contributed by atoms with Gasteiger partial charge in [0.2, 0.25) is 5.91 Å². The summed E-state index contributed by atoms with van der Waals surface area (Å²) < 4.78 is 5.90. The van der Waals surface area contributed by atoms with Crippen LogP contribution in [0.25, 0.3) is 0 Å². The standard InChI is InChI=1S/C53H95NO5/c1-4-7-10-13-16-19-22-25-26-28-29-32-35-38-41-44-49(59-53(58)46-43-40-37-34-31-27-23-20-17-14-11-8-5-2)47-52(57)54-50(48-55)51(56)45-42-39-36-33-30-24-21-18-15-12-9-6-3/h8,11,14,17,20,23,25-27,31,49-51,55-56H,4-7,9-10,12-13,15-16,18-19,21-22,24,28-30,32-48H2,1-3H3,(H,54,57)/b11-8+,17-14+,23-20-,26-25+,31-27-. The van der Waals surface area contributed by atoms with Crippen LogP contribution in [0.3, 0.4) is 0 Å². The largest absolute Gasteiger partial charge is 0.462 e. The molecule has 0 fully saturated rings. The average molecular weight is 826 g/mol. The second-order valence-electron chi connectivity index (χ2n) is 16.9. The first-order valence-corrected chi connectivity index (χ1v) is 25.1. The number of ether oxygens (including phenoxy) is 1. The van der Waals surface area contributed by atoms with Gasteiger partial charge in [0.15, 0.2) is 0 Å². The number of rotatable bonds is 44. The van der Waals surface area contributed by atoms with Crippen LogP contribution >= 0.6 is 0 Å². The fraction of sp³-hybridized carbons (Fsp3) is 0.774. The van der Waals surface area contributed by atoms with Crippen LogP contribution < -0.4 is 5.32 Å². The number of nitrogens with one attached hydrogen (secondary N) is 1. The van der Waals surface area contributed by atoms with Crippen molar-refractivity contribution in [3.63, 3.8) is 0 Å². The number of carbonyl (C=O) groups excluding carboxylic acids is 2. The van der Waals surface area contributed by atoms with E-state index in [0.29, 0.717) is 19.3 Å². The molecule has 59 heavy (non-hydrogen) atoms. The second-order valence-corrected chi connectivity index (χ2v) is 16.9. The van der Waals surface area contributed by atoms with E-state index >= 15 is 0 Å². The van der Waals surface area contributed by atoms with Crippen LogP contribution in [0.5, 0.6) is 0 Å². The number of aliphatic hydroxyl groups excluding tert-OH is 2. The van der Waals surface area contributed by atoms with Crippen LogP contribution in [0.4, 0.5) is 0 Å². The van der Waals surface area contributed by atoms with Gasteiger partial charge in [-0.05, 0) is 70.6 Å². The van der Waals surface area contributed by atoms with Gasteiger partial charge in [0.1, 0.15) is 6.10 Å². The molecule has 342 valence electrons. The highest BCUT2D eigenvalue weighted by atomic mass is 16.5. The highest BCUT2D eigenvalue weighted by Crippen LogP contribution is 2.17. The summed E-state index contributed by atoms with van der Waals surface area (Å²) in [5.41, 5.74) is 0. The Kier molecular flexibility index (Phi) is 44.7. The Morgan fingerprint density at radius 1 is 0.508 bits per heavy atom. The average Bonchev–Trinajstić information content (AvgIpc) is 3.23. The molecule has 0 aromatic rings. The third-order valence-corrected chi connectivity index (χ3v) is 11.2. The lowest BCUT2D eigenvalue weighted by atomic mass is 10.0. The molecule has 0 aliphatic carbocycles. The first-order valence-electron chi connectivity index (χ1n) is 25.1. The molecule has 0 saturated heterocycles. The number of hydrogen-bond acceptors (Lipinski definition) is 5. The Hall–Kier alpha value is -2.44. The normalized spacial score (nSPS) is 13.8. The topological polar surface area (TPSA) is 95.9 Å². The first-order chi connectivity index (χ1) is 29.0. The fourth-order valence-corrected chi connectivity index (χ4v) is 7.38. The summed E-state index contributed by atoms with van der Waals surface area (Å²) in [6, 6.07) is -0.713. The van der Waals surface area contributed by atoms with E-state index in [1.54, 1.807) is 0 Å². The minimum Gasteiger partial charge on any atom is -0.462 e. The Balaban J connectivity index is 4.67. The molecular weight excluding hydrogens is 731 g/mol. The van der Waals surface area contributed by atoms with Crippen molar-refractivity contribution in [2.45, 2.75) is 257 Å². The molecule has 3 N–H and O–H groups in total. The van der Waals surface area contributed by atoms with Gasteiger partial charge in [-0.2, -0.15) is 0 Å². The third kappa shape index (κ3) is 42.1. The van der Waals surface area contributed by atoms with Gasteiger partial charge in [-0.15, -0.1) is 0 Å². The van der Waals surface area contributed by atoms with Gasteiger partial charge < -0.3 is 20.3 Å². The summed E-state index contributed by atoms with van der Waals surface area (Å²) in [6.45, 7) is 6.32. The molecule has 6 nitrogen and oxygen atoms in total. The number of carbonyl (C=O) groups is 2. The SMILES string of the molecule is CC/C=C/C=C/C=C\C=C/CCCCCC(=O)OC(CCCCCCC/C=C/CCCCCCCC)CC(=O)NC(CO)C(O)CCCCCCCCCCCCCC. The number of allylic oxidation sites excluding steroid dienone is 10. The number of aliphatic hydroxyl groups is 2. The maximum absolute atomic E-state index is 13.2. The van der Waals surface area contributed by atoms with Crippen molar-refractivity contribution in [1.82, 2.24) is 5.32 Å². The van der Waals surface area contributed by atoms with Crippen LogP contribution in [0.15, 0.2) is 60.8 Å². The van der Waals surface area contributed by atoms with Crippen molar-refractivity contribution < 1.29 is 24.5 Å². The monoisotopic (exact) mass is 826 g/mol. The molecule has 0 spiro atoms. The predicted octanol–water partition coefficient (Wildman–Crippen LogP) is 14.8. The van der Waals surface area contributed by atoms with Gasteiger partial charge in [0.05, 0.1) is 25.2 Å². The molecule has 6 heteroatoms. The molecule has 0 aromatic heterocycles. The highest BCUT2D eigenvalue weighted by molar-refractivity contribution is 5.77. The Morgan fingerprint density at radius 3 is 1.44 bits per heavy atom. The van der Waals surface area contributed by atoms with Crippen LogP contribution in [0.2, 0.25) is 0 Å². The third-order valence-electron chi connectivity index (χ3n) is 11.2. The smallest absolute Gasteiger partial charge is 0.306 e. The number of hydrogen-bond donors (Lipinski definition) is 3. The van der Waals surface area contributed by atoms with Crippen molar-refractivity contribution in [2.75, 3.05) is 6.61 Å². The second kappa shape index (κ2) is 46.6. The summed E-state index contributed by atoms with van der Waals surface area (Å²) in [5, 5.41) is 23.7. The zero-order valence-corrected chi connectivity index (χ0v) is 38.9. The lowest BCUT2D eigenvalue weighted by Gasteiger charge is -2.24. The van der Waals surface area contributed by atoms with E-state index in [2.05, 4.69) is 62.5 Å². The molecule has 0 aliphatic rings. The van der Waals surface area contributed by atoms with Gasteiger partial charge in [-0.25, -0.2) is 0 Å². The Morgan fingerprint density at radius 2 is 0.932 bits per heavy atom. The van der Waals surface area contributed by atoms with E-state index < -0.39 is 18.2 Å². The molecule has 0 aliphatic heterocycles. The molecule has 1 amide bonds. The summed E-state index contributed by atoms with van der Waals surface area (Å²) in [5.74, 6) is -0.527. The number of amides is 1. The van der Waals surface area contributed by atoms with E-state index in [1.807, 2.05) is 24.3 Å². The van der Waals surface area contributed by atoms with E-state index in [0.717, 1.165) is 77.0 Å². The van der Waals surface area contributed by atoms with Crippen LogP contribution in [0.1, 0.15) is 239 Å². The molecule has 0 rings (SSSR count). The maximum Gasteiger partial charge on any atom is 0.306 e. The molecule has 0 heterocycles. The molecular formula is C53H95NO5. The molecule has 3 atom stereocenters. The number of esters is 1. The molecule has 0 bridgehead atoms. The summed E-state index contributed by atoms with van der Waals surface area (Å²) in [4.78, 5) is 26.1. The highest BCUT2D eigenvalue weighted by Gasteiger charge is 2.24. The van der Waals surface area contributed by atoms with Crippen LogP contribution in [0, 0.1) is 0 Å². The minimum atomic E-state index is -0.797. The zero-order valence-electron chi connectivity index (χ0n) is 38.9. The Bertz CT molecular complexity index is 1060. The van der Waals surface area contributed by atoms with Crippen molar-refractivity contribution in [3.8, 4) is 0 Å². The first kappa shape index (κ1) is 56.6. The van der Waals surface area contributed by atoms with Gasteiger partial charge >= 0.3 is 5.97 Å². The summed E-state index contributed by atoms with van der Waals surface area (Å²) in [6.07, 6.45) is 57.0. The lowest BCUT2D eigenvalue weighted by Crippen LogP contribution is -2.46. The maximum atomic E-state index is 13.2. The quantitative estimate of drug-likeness (QED) is 0.0246. The number of unbranched alkanes of at least 4 members (excludes halogenated alkanes) is 25. The van der Waals surface area contributed by atoms with E-state index in [1.165, 1.54) is 116 Å². The van der Waals surface area contributed by atoms with Gasteiger partial charge in [0.25, 0.3) is 0 Å². The summed E-state index contributed by atoms with van der Waals surface area (Å²) in [7, 11) is 0. The Labute approximate surface area is 365 Å². The lowest BCUT2D eigenvalue weighted by molar-refractivity contribution is -0.151. The minimum absolute atomic E-state index is 0.0549. The van der Waals surface area contributed by atoms with Gasteiger partial charge in [0, 0.05) is 6.42 Å². The predicted molar refractivity (Wildman–Crippen MR) is 255 cm³/mol. The molecule has 0 saturated carbocycles. The zero-order chi connectivity index (χ0) is 43.1. The fourth-order valence-electron chi connectivity index (χ4n) is 7.38. The van der Waals surface area contributed by atoms with Crippen molar-refractivity contribution in [3.05, 3.63) is 60.8 Å². The van der Waals surface area contributed by atoms with Crippen LogP contribution in [-0.2, 0) is 14.3 Å². The van der Waals surface area contributed by atoms with Gasteiger partial charge in [-0.1, -0.05) is 216 Å². The van der Waals surface area contributed by atoms with E-state index in [-0.39, 0.29) is 24.9 Å². The van der Waals surface area contributed by atoms with Crippen molar-refractivity contribution in [2.24, 2.45) is 0 Å². The molecule has 3 unspecified atom stereocenters. The van der Waals surface area contributed by atoms with E-state index in [4.69, 9.17) is 4.74 Å². The molecule has 0 radical (unpaired) electrons. The molecule has 0 aromatic carbocycles. The van der Waals surface area contributed by atoms with E-state index in [9.17, 15) is 19.8 Å². The van der Waals surface area contributed by atoms with Crippen molar-refractivity contribution in [1.29, 1.82) is 0 Å². The van der Waals surface area contributed by atoms with Gasteiger partial charge in [-0.3, -0.25) is 9.59 Å². The van der Waals surface area contributed by atoms with Crippen LogP contribution in [-0.4, -0.2) is 46.9 Å². The summed E-state index contributed by atoms with van der Waals surface area (Å²) >= 11 is 0. The van der Waals surface area contributed by atoms with Crippen molar-refractivity contribution >= 4 is 11.9 Å².